The molecule has 0 aliphatic rings. The first-order chi connectivity index (χ1) is 8.20. The van der Waals surface area contributed by atoms with Gasteiger partial charge in [0.15, 0.2) is 0 Å². The van der Waals surface area contributed by atoms with E-state index >= 15 is 0 Å². The van der Waals surface area contributed by atoms with Gasteiger partial charge in [0, 0.05) is 5.75 Å². The molecule has 0 radical (unpaired) electrons. The second-order valence-electron chi connectivity index (χ2n) is 3.55. The second-order valence-corrected chi connectivity index (χ2v) is 5.70. The number of alkyl halides is 3. The molecule has 0 heterocycles. The first kappa shape index (κ1) is 15.0. The number of carboxylic acid groups (broad SMARTS) is 1. The molecule has 0 aliphatic heterocycles. The smallest absolute Gasteiger partial charge is 0.349 e. The van der Waals surface area contributed by atoms with Crippen molar-refractivity contribution in [2.75, 3.05) is 5.75 Å². The summed E-state index contributed by atoms with van der Waals surface area (Å²) in [6, 6.07) is 1.95. The molecule has 100 valence electrons. The van der Waals surface area contributed by atoms with Gasteiger partial charge in [-0.25, -0.2) is 4.79 Å². The maximum absolute atomic E-state index is 13.2. The molecule has 18 heavy (non-hydrogen) atoms. The molecule has 1 atom stereocenters. The van der Waals surface area contributed by atoms with Crippen LogP contribution in [0.3, 0.4) is 0 Å². The van der Waals surface area contributed by atoms with Gasteiger partial charge in [-0.15, -0.1) is 0 Å². The molecular weight excluding hydrogens is 286 g/mol. The molecular formula is C11H11ClF2O3S. The van der Waals surface area contributed by atoms with Crippen molar-refractivity contribution in [3.63, 3.8) is 0 Å². The third-order valence-electron chi connectivity index (χ3n) is 2.43. The molecule has 1 N–H and O–H groups in total. The lowest BCUT2D eigenvalue weighted by Gasteiger charge is -2.16. The quantitative estimate of drug-likeness (QED) is 0.869. The molecule has 0 saturated heterocycles. The predicted molar refractivity (Wildman–Crippen MR) is 64.8 cm³/mol. The third kappa shape index (κ3) is 2.87. The number of rotatable bonds is 4. The van der Waals surface area contributed by atoms with E-state index < -0.39 is 27.7 Å². The fourth-order valence-corrected chi connectivity index (χ4v) is 2.98. The van der Waals surface area contributed by atoms with Crippen molar-refractivity contribution in [2.45, 2.75) is 24.1 Å². The van der Waals surface area contributed by atoms with Crippen LogP contribution in [-0.2, 0) is 16.2 Å². The fourth-order valence-electron chi connectivity index (χ4n) is 1.58. The minimum Gasteiger partial charge on any atom is -0.478 e. The molecule has 0 aliphatic carbocycles. The van der Waals surface area contributed by atoms with Crippen LogP contribution in [0.5, 0.6) is 0 Å². The molecule has 0 saturated carbocycles. The first-order valence-electron chi connectivity index (χ1n) is 5.02. The van der Waals surface area contributed by atoms with Crippen molar-refractivity contribution in [1.29, 1.82) is 0 Å². The zero-order valence-electron chi connectivity index (χ0n) is 9.67. The van der Waals surface area contributed by atoms with E-state index in [4.69, 9.17) is 16.7 Å². The number of hydrogen-bond donors (Lipinski definition) is 1. The Bertz CT molecular complexity index is 512. The molecule has 1 aromatic rings. The summed E-state index contributed by atoms with van der Waals surface area (Å²) in [7, 11) is -1.71. The van der Waals surface area contributed by atoms with E-state index in [1.54, 1.807) is 6.92 Å². The third-order valence-corrected chi connectivity index (χ3v) is 4.14. The summed E-state index contributed by atoms with van der Waals surface area (Å²) in [4.78, 5) is 10.7. The monoisotopic (exact) mass is 296 g/mol. The van der Waals surface area contributed by atoms with Crippen molar-refractivity contribution < 1.29 is 22.9 Å². The summed E-state index contributed by atoms with van der Waals surface area (Å²) < 4.78 is 38.2. The largest absolute Gasteiger partial charge is 0.478 e. The zero-order chi connectivity index (χ0) is 14.1. The van der Waals surface area contributed by atoms with Crippen molar-refractivity contribution in [1.82, 2.24) is 0 Å². The van der Waals surface area contributed by atoms with Crippen LogP contribution in [0.2, 0.25) is 0 Å². The van der Waals surface area contributed by atoms with Gasteiger partial charge in [0.25, 0.3) is 0 Å². The van der Waals surface area contributed by atoms with Crippen LogP contribution in [0.4, 0.5) is 8.78 Å². The van der Waals surface area contributed by atoms with Gasteiger partial charge < -0.3 is 5.11 Å². The summed E-state index contributed by atoms with van der Waals surface area (Å²) in [5.74, 6) is -1.16. The minimum atomic E-state index is -3.68. The minimum absolute atomic E-state index is 0.0560. The molecule has 7 heteroatoms. The normalized spacial score (nSPS) is 13.4. The molecule has 0 spiro atoms. The van der Waals surface area contributed by atoms with Crippen molar-refractivity contribution >= 4 is 28.4 Å². The van der Waals surface area contributed by atoms with Crippen molar-refractivity contribution in [2.24, 2.45) is 0 Å². The lowest BCUT2D eigenvalue weighted by molar-refractivity contribution is 0.0693. The fraction of sp³-hybridized carbons (Fsp3) is 0.364. The van der Waals surface area contributed by atoms with Crippen LogP contribution in [-0.4, -0.2) is 21.0 Å². The summed E-state index contributed by atoms with van der Waals surface area (Å²) in [5, 5.41) is 5.24. The topological polar surface area (TPSA) is 54.4 Å². The highest BCUT2D eigenvalue weighted by atomic mass is 35.5. The van der Waals surface area contributed by atoms with Gasteiger partial charge in [0.05, 0.1) is 26.8 Å². The molecule has 3 nitrogen and oxygen atoms in total. The van der Waals surface area contributed by atoms with E-state index in [1.807, 2.05) is 0 Å². The summed E-state index contributed by atoms with van der Waals surface area (Å²) >= 11 is 4.95. The Balaban J connectivity index is 3.62. The molecule has 0 unspecified atom stereocenters. The van der Waals surface area contributed by atoms with Gasteiger partial charge in [-0.3, -0.25) is 4.21 Å². The van der Waals surface area contributed by atoms with Crippen LogP contribution >= 0.6 is 11.6 Å². The van der Waals surface area contributed by atoms with E-state index in [9.17, 15) is 17.8 Å². The highest BCUT2D eigenvalue weighted by molar-refractivity contribution is 7.85. The van der Waals surface area contributed by atoms with Crippen LogP contribution in [0, 0.1) is 6.92 Å². The molecule has 1 rings (SSSR count). The Morgan fingerprint density at radius 2 is 2.06 bits per heavy atom. The number of aromatic carboxylic acids is 1. The van der Waals surface area contributed by atoms with Crippen molar-refractivity contribution in [3.8, 4) is 0 Å². The Morgan fingerprint density at radius 3 is 2.44 bits per heavy atom. The van der Waals surface area contributed by atoms with E-state index in [1.165, 1.54) is 6.92 Å². The summed E-state index contributed by atoms with van der Waals surface area (Å²) in [5.41, 5.74) is -0.705. The average Bonchev–Trinajstić information content (AvgIpc) is 2.25. The van der Waals surface area contributed by atoms with Gasteiger partial charge in [-0.2, -0.15) is 8.78 Å². The molecule has 1 aromatic carbocycles. The maximum Gasteiger partial charge on any atom is 0.349 e. The lowest BCUT2D eigenvalue weighted by atomic mass is 10.1. The standard InChI is InChI=1S/C11H11ClF2O3S/c1-3-18(17)9-6(2)7(10(15)16)4-5-8(9)11(12,13)14/h4-5H,3H2,1-2H3,(H,15,16)/t18-/m0/s1. The summed E-state index contributed by atoms with van der Waals surface area (Å²) in [6.45, 7) is 2.90. The van der Waals surface area contributed by atoms with Crippen LogP contribution in [0.15, 0.2) is 17.0 Å². The van der Waals surface area contributed by atoms with Crippen LogP contribution in [0.1, 0.15) is 28.4 Å². The zero-order valence-corrected chi connectivity index (χ0v) is 11.2. The van der Waals surface area contributed by atoms with E-state index in [-0.39, 0.29) is 21.8 Å². The van der Waals surface area contributed by atoms with E-state index in [0.717, 1.165) is 12.1 Å². The molecule has 0 amide bonds. The van der Waals surface area contributed by atoms with Crippen LogP contribution < -0.4 is 0 Å². The van der Waals surface area contributed by atoms with Crippen molar-refractivity contribution in [3.05, 3.63) is 28.8 Å². The molecule has 0 bridgehead atoms. The van der Waals surface area contributed by atoms with E-state index in [2.05, 4.69) is 0 Å². The Labute approximate surface area is 110 Å². The maximum atomic E-state index is 13.2. The Morgan fingerprint density at radius 1 is 1.50 bits per heavy atom. The number of hydrogen-bond acceptors (Lipinski definition) is 2. The predicted octanol–water partition coefficient (Wildman–Crippen LogP) is 3.11. The lowest BCUT2D eigenvalue weighted by Crippen LogP contribution is -2.14. The van der Waals surface area contributed by atoms with Gasteiger partial charge in [0.2, 0.25) is 0 Å². The first-order valence-corrected chi connectivity index (χ1v) is 6.72. The molecule has 0 aromatic heterocycles. The molecule has 0 fully saturated rings. The van der Waals surface area contributed by atoms with E-state index in [0.29, 0.717) is 0 Å². The highest BCUT2D eigenvalue weighted by Crippen LogP contribution is 2.38. The Hall–Kier alpha value is -1.01. The summed E-state index contributed by atoms with van der Waals surface area (Å²) in [6.07, 6.45) is 0. The number of benzene rings is 1. The van der Waals surface area contributed by atoms with Gasteiger partial charge in [-0.05, 0) is 36.2 Å². The highest BCUT2D eigenvalue weighted by Gasteiger charge is 2.34. The number of halogens is 3. The van der Waals surface area contributed by atoms with Gasteiger partial charge >= 0.3 is 11.4 Å². The number of carbonyl (C=O) groups is 1. The Kier molecular flexibility index (Phi) is 4.45. The average molecular weight is 297 g/mol. The SMILES string of the molecule is CC[S@](=O)c1c(C(F)(F)Cl)ccc(C(=O)O)c1C. The second kappa shape index (κ2) is 5.32. The van der Waals surface area contributed by atoms with Crippen LogP contribution in [0.25, 0.3) is 0 Å². The van der Waals surface area contributed by atoms with Gasteiger partial charge in [-0.1, -0.05) is 6.92 Å². The van der Waals surface area contributed by atoms with Gasteiger partial charge in [0.1, 0.15) is 0 Å². The number of carboxylic acids is 1.